The maximum Gasteiger partial charge on any atom is 0.478 e. The molecule has 2 unspecified atom stereocenters. The molecule has 2 atom stereocenters. The van der Waals surface area contributed by atoms with Crippen LogP contribution >= 0.6 is 7.82 Å². The number of carbonyl (C=O) groups is 3. The molecule has 3 N–H and O–H groups in total. The molecular weight excluding hydrogens is 601 g/mol. The summed E-state index contributed by atoms with van der Waals surface area (Å²) < 4.78 is 30.7. The van der Waals surface area contributed by atoms with Gasteiger partial charge in [0.05, 0.1) is 17.8 Å². The number of rotatable bonds is 18. The predicted octanol–water partition coefficient (Wildman–Crippen LogP) is 7.19. The number of amides is 2. The van der Waals surface area contributed by atoms with Gasteiger partial charge in [0.25, 0.3) is 0 Å². The molecule has 2 aromatic rings. The van der Waals surface area contributed by atoms with Crippen molar-refractivity contribution < 1.29 is 42.4 Å². The average Bonchev–Trinajstić information content (AvgIpc) is 2.96. The Morgan fingerprint density at radius 3 is 1.98 bits per heavy atom. The predicted molar refractivity (Wildman–Crippen MR) is 174 cm³/mol. The SMILES string of the molecule is CCC(=O)OCOP(=O)(O)OCOC(=O)CC(CC)c1ccc(N(CC(C)C)CC(C)C)c(NC(=O)Nc2ccc(C)cc2)c1. The Kier molecular flexibility index (Phi) is 15.5. The second kappa shape index (κ2) is 18.5. The van der Waals surface area contributed by atoms with Crippen LogP contribution in [0, 0.1) is 18.8 Å². The van der Waals surface area contributed by atoms with Gasteiger partial charge in [-0.3, -0.25) is 9.59 Å². The topological polar surface area (TPSA) is 153 Å². The number of anilines is 3. The van der Waals surface area contributed by atoms with Crippen molar-refractivity contribution >= 4 is 42.9 Å². The highest BCUT2D eigenvalue weighted by atomic mass is 31.2. The smallest absolute Gasteiger partial charge is 0.438 e. The number of aryl methyl sites for hydroxylation is 1. The van der Waals surface area contributed by atoms with Crippen molar-refractivity contribution in [3.05, 3.63) is 53.6 Å². The van der Waals surface area contributed by atoms with E-state index in [0.717, 1.165) is 29.9 Å². The van der Waals surface area contributed by atoms with Gasteiger partial charge in [0.2, 0.25) is 13.6 Å². The molecule has 0 heterocycles. The van der Waals surface area contributed by atoms with E-state index in [4.69, 9.17) is 4.74 Å². The van der Waals surface area contributed by atoms with E-state index in [0.29, 0.717) is 29.6 Å². The van der Waals surface area contributed by atoms with Crippen molar-refractivity contribution in [2.24, 2.45) is 11.8 Å². The second-order valence-electron chi connectivity index (χ2n) is 11.6. The fraction of sp³-hybridized carbons (Fsp3) is 0.531. The molecule has 2 aromatic carbocycles. The van der Waals surface area contributed by atoms with Crippen LogP contribution in [0.1, 0.15) is 77.8 Å². The number of phosphoric ester groups is 1. The average molecular weight is 650 g/mol. The van der Waals surface area contributed by atoms with Crippen molar-refractivity contribution in [3.63, 3.8) is 0 Å². The maximum atomic E-state index is 13.1. The number of esters is 2. The fourth-order valence-corrected chi connectivity index (χ4v) is 4.92. The van der Waals surface area contributed by atoms with E-state index < -0.39 is 39.4 Å². The van der Waals surface area contributed by atoms with Crippen LogP contribution in [-0.2, 0) is 32.7 Å². The summed E-state index contributed by atoms with van der Waals surface area (Å²) in [4.78, 5) is 48.9. The van der Waals surface area contributed by atoms with E-state index in [1.165, 1.54) is 0 Å². The number of carbonyl (C=O) groups excluding carboxylic acids is 3. The second-order valence-corrected chi connectivity index (χ2v) is 13.0. The lowest BCUT2D eigenvalue weighted by Crippen LogP contribution is -2.32. The molecule has 0 bridgehead atoms. The van der Waals surface area contributed by atoms with Gasteiger partial charge in [-0.2, -0.15) is 0 Å². The summed E-state index contributed by atoms with van der Waals surface area (Å²) in [5.74, 6) is -0.788. The highest BCUT2D eigenvalue weighted by Crippen LogP contribution is 2.43. The van der Waals surface area contributed by atoms with Crippen molar-refractivity contribution in [3.8, 4) is 0 Å². The van der Waals surface area contributed by atoms with Crippen LogP contribution in [-0.4, -0.2) is 49.5 Å². The minimum Gasteiger partial charge on any atom is -0.438 e. The number of nitrogens with one attached hydrogen (secondary N) is 2. The van der Waals surface area contributed by atoms with Crippen molar-refractivity contribution in [1.29, 1.82) is 0 Å². The summed E-state index contributed by atoms with van der Waals surface area (Å²) in [5.41, 5.74) is 4.03. The summed E-state index contributed by atoms with van der Waals surface area (Å²) in [6.07, 6.45) is 0.613. The molecule has 0 spiro atoms. The van der Waals surface area contributed by atoms with Crippen LogP contribution in [0.5, 0.6) is 0 Å². The van der Waals surface area contributed by atoms with Gasteiger partial charge in [0.1, 0.15) is 0 Å². The molecule has 2 rings (SSSR count). The van der Waals surface area contributed by atoms with Gasteiger partial charge < -0.3 is 29.9 Å². The molecule has 12 nitrogen and oxygen atoms in total. The Morgan fingerprint density at radius 2 is 1.44 bits per heavy atom. The first kappa shape index (κ1) is 37.7. The maximum absolute atomic E-state index is 13.1. The summed E-state index contributed by atoms with van der Waals surface area (Å²) in [5, 5.41) is 5.90. The molecule has 250 valence electrons. The lowest BCUT2D eigenvalue weighted by atomic mass is 9.92. The molecule has 0 radical (unpaired) electrons. The number of hydrogen-bond acceptors (Lipinski definition) is 9. The van der Waals surface area contributed by atoms with Crippen LogP contribution in [0.3, 0.4) is 0 Å². The molecule has 0 aromatic heterocycles. The monoisotopic (exact) mass is 649 g/mol. The Labute approximate surface area is 266 Å². The molecule has 0 aliphatic rings. The van der Waals surface area contributed by atoms with E-state index in [9.17, 15) is 23.8 Å². The Bertz CT molecular complexity index is 1290. The first-order valence-corrected chi connectivity index (χ1v) is 16.7. The van der Waals surface area contributed by atoms with Crippen molar-refractivity contribution in [2.45, 2.75) is 73.6 Å². The van der Waals surface area contributed by atoms with E-state index in [1.54, 1.807) is 6.92 Å². The van der Waals surface area contributed by atoms with E-state index in [1.807, 2.05) is 56.3 Å². The lowest BCUT2D eigenvalue weighted by Gasteiger charge is -2.31. The van der Waals surface area contributed by atoms with Gasteiger partial charge in [-0.15, -0.1) is 0 Å². The Balaban J connectivity index is 2.20. The molecule has 45 heavy (non-hydrogen) atoms. The summed E-state index contributed by atoms with van der Waals surface area (Å²) in [6, 6.07) is 12.9. The minimum absolute atomic E-state index is 0.0411. The van der Waals surface area contributed by atoms with Gasteiger partial charge in [0.15, 0.2) is 0 Å². The van der Waals surface area contributed by atoms with Crippen LogP contribution in [0.2, 0.25) is 0 Å². The summed E-state index contributed by atoms with van der Waals surface area (Å²) in [7, 11) is -4.60. The van der Waals surface area contributed by atoms with Crippen LogP contribution < -0.4 is 15.5 Å². The normalized spacial score (nSPS) is 13.2. The summed E-state index contributed by atoms with van der Waals surface area (Å²) in [6.45, 7) is 14.0. The molecule has 0 saturated heterocycles. The lowest BCUT2D eigenvalue weighted by molar-refractivity contribution is -0.153. The molecule has 13 heteroatoms. The Morgan fingerprint density at radius 1 is 0.867 bits per heavy atom. The van der Waals surface area contributed by atoms with Crippen LogP contribution in [0.15, 0.2) is 42.5 Å². The quantitative estimate of drug-likeness (QED) is 0.0859. The third-order valence-corrected chi connectivity index (χ3v) is 7.49. The van der Waals surface area contributed by atoms with Gasteiger partial charge in [-0.25, -0.2) is 18.4 Å². The first-order valence-electron chi connectivity index (χ1n) is 15.2. The van der Waals surface area contributed by atoms with Crippen molar-refractivity contribution in [2.75, 3.05) is 42.2 Å². The third kappa shape index (κ3) is 14.0. The van der Waals surface area contributed by atoms with E-state index in [-0.39, 0.29) is 18.8 Å². The summed E-state index contributed by atoms with van der Waals surface area (Å²) >= 11 is 0. The first-order chi connectivity index (χ1) is 21.2. The zero-order chi connectivity index (χ0) is 33.6. The number of urea groups is 1. The molecular formula is C32H48N3O9P. The molecule has 2 amide bonds. The number of benzene rings is 2. The van der Waals surface area contributed by atoms with Crippen LogP contribution in [0.25, 0.3) is 0 Å². The van der Waals surface area contributed by atoms with Gasteiger partial charge in [0, 0.05) is 25.2 Å². The number of ether oxygens (including phenoxy) is 2. The van der Waals surface area contributed by atoms with Crippen molar-refractivity contribution in [1.82, 2.24) is 0 Å². The largest absolute Gasteiger partial charge is 0.478 e. The number of nitrogens with zero attached hydrogens (tertiary/aromatic N) is 1. The molecule has 0 saturated carbocycles. The van der Waals surface area contributed by atoms with E-state index >= 15 is 0 Å². The van der Waals surface area contributed by atoms with Gasteiger partial charge in [-0.05, 0) is 60.9 Å². The third-order valence-electron chi connectivity index (χ3n) is 6.63. The number of hydrogen-bond donors (Lipinski definition) is 3. The fourth-order valence-electron chi connectivity index (χ4n) is 4.47. The highest BCUT2D eigenvalue weighted by Gasteiger charge is 2.24. The Hall–Kier alpha value is -3.44. The molecule has 0 aliphatic carbocycles. The zero-order valence-electron chi connectivity index (χ0n) is 27.3. The van der Waals surface area contributed by atoms with Gasteiger partial charge in [-0.1, -0.05) is 65.3 Å². The molecule has 0 aliphatic heterocycles. The zero-order valence-corrected chi connectivity index (χ0v) is 28.2. The molecule has 0 fully saturated rings. The highest BCUT2D eigenvalue weighted by molar-refractivity contribution is 7.47. The minimum atomic E-state index is -4.60. The van der Waals surface area contributed by atoms with Crippen LogP contribution in [0.4, 0.5) is 21.9 Å². The standard InChI is InChI=1S/C32H48N3O9P/c1-8-25(17-31(37)42-21-44-45(39,40)43-20-41-30(36)9-2)26-12-15-29(35(18-22(3)4)19-23(5)6)28(16-26)34-32(38)33-27-13-10-24(7)11-14-27/h10-16,22-23,25H,8-9,17-21H2,1-7H3,(H,39,40)(H2,33,34,38). The van der Waals surface area contributed by atoms with E-state index in [2.05, 4.69) is 57.0 Å². The van der Waals surface area contributed by atoms with Gasteiger partial charge >= 0.3 is 25.8 Å². The number of phosphoric acid groups is 1.